The van der Waals surface area contributed by atoms with Crippen LogP contribution in [0.2, 0.25) is 0 Å². The van der Waals surface area contributed by atoms with Gasteiger partial charge in [-0.25, -0.2) is 0 Å². The number of alkyl halides is 1. The van der Waals surface area contributed by atoms with Gasteiger partial charge in [-0.1, -0.05) is 19.1 Å². The number of aromatic nitrogens is 1. The van der Waals surface area contributed by atoms with Crippen molar-refractivity contribution >= 4 is 11.6 Å². The highest BCUT2D eigenvalue weighted by atomic mass is 35.5. The fourth-order valence-corrected chi connectivity index (χ4v) is 1.15. The topological polar surface area (TPSA) is 12.9 Å². The molecule has 0 bridgehead atoms. The summed E-state index contributed by atoms with van der Waals surface area (Å²) in [5.41, 5.74) is 0.865. The average molecular weight is 182 g/mol. The smallest absolute Gasteiger partial charge is 0.104 e. The van der Waals surface area contributed by atoms with Crippen molar-refractivity contribution in [2.75, 3.05) is 0 Å². The number of nitrogens with zero attached hydrogens (tertiary/aromatic N) is 1. The van der Waals surface area contributed by atoms with Gasteiger partial charge in [-0.05, 0) is 18.6 Å². The fraction of sp³-hybridized carbons (Fsp3) is 0.300. The summed E-state index contributed by atoms with van der Waals surface area (Å²) in [7, 11) is 0. The molecule has 0 fully saturated rings. The second-order valence-electron chi connectivity index (χ2n) is 2.64. The SMILES string of the molecule is C=CC(Cl)(CC)c1ccccn1. The Hall–Kier alpha value is -0.820. The molecule has 1 atom stereocenters. The van der Waals surface area contributed by atoms with Gasteiger partial charge in [0.1, 0.15) is 4.87 Å². The lowest BCUT2D eigenvalue weighted by molar-refractivity contribution is 0.698. The van der Waals surface area contributed by atoms with E-state index in [0.29, 0.717) is 0 Å². The lowest BCUT2D eigenvalue weighted by Crippen LogP contribution is -2.15. The summed E-state index contributed by atoms with van der Waals surface area (Å²) in [6.07, 6.45) is 4.28. The molecule has 0 saturated carbocycles. The summed E-state index contributed by atoms with van der Waals surface area (Å²) in [6, 6.07) is 5.72. The largest absolute Gasteiger partial charge is 0.259 e. The Morgan fingerprint density at radius 2 is 2.42 bits per heavy atom. The number of pyridine rings is 1. The van der Waals surface area contributed by atoms with E-state index >= 15 is 0 Å². The maximum Gasteiger partial charge on any atom is 0.104 e. The van der Waals surface area contributed by atoms with Crippen LogP contribution in [0.15, 0.2) is 37.1 Å². The molecule has 0 saturated heterocycles. The fourth-order valence-electron chi connectivity index (χ4n) is 1.04. The second kappa shape index (κ2) is 3.72. The molecule has 0 aliphatic heterocycles. The van der Waals surface area contributed by atoms with Crippen LogP contribution in [0.25, 0.3) is 0 Å². The van der Waals surface area contributed by atoms with Crippen LogP contribution in [0, 0.1) is 0 Å². The van der Waals surface area contributed by atoms with Crippen molar-refractivity contribution in [3.05, 3.63) is 42.7 Å². The van der Waals surface area contributed by atoms with E-state index in [-0.39, 0.29) is 0 Å². The van der Waals surface area contributed by atoms with Crippen LogP contribution in [-0.4, -0.2) is 4.98 Å². The Morgan fingerprint density at radius 3 is 2.83 bits per heavy atom. The highest BCUT2D eigenvalue weighted by Gasteiger charge is 2.24. The van der Waals surface area contributed by atoms with Gasteiger partial charge >= 0.3 is 0 Å². The van der Waals surface area contributed by atoms with Crippen molar-refractivity contribution in [1.82, 2.24) is 4.98 Å². The van der Waals surface area contributed by atoms with Crippen LogP contribution >= 0.6 is 11.6 Å². The highest BCUT2D eigenvalue weighted by Crippen LogP contribution is 2.31. The predicted octanol–water partition coefficient (Wildman–Crippen LogP) is 3.11. The third-order valence-corrected chi connectivity index (χ3v) is 2.54. The Bertz CT molecular complexity index is 258. The second-order valence-corrected chi connectivity index (χ2v) is 3.31. The molecular formula is C10H12ClN. The van der Waals surface area contributed by atoms with Gasteiger partial charge in [0.05, 0.1) is 5.69 Å². The van der Waals surface area contributed by atoms with Crippen LogP contribution in [0.1, 0.15) is 19.0 Å². The molecule has 1 unspecified atom stereocenters. The summed E-state index contributed by atoms with van der Waals surface area (Å²) in [5, 5.41) is 0. The lowest BCUT2D eigenvalue weighted by Gasteiger charge is -2.19. The molecule has 0 spiro atoms. The summed E-state index contributed by atoms with van der Waals surface area (Å²) in [5.74, 6) is 0. The Labute approximate surface area is 78.1 Å². The summed E-state index contributed by atoms with van der Waals surface area (Å²) in [6.45, 7) is 5.73. The standard InChI is InChI=1S/C10H12ClN/c1-3-10(11,4-2)9-7-5-6-8-12-9/h3,5-8H,1,4H2,2H3. The maximum atomic E-state index is 6.25. The lowest BCUT2D eigenvalue weighted by atomic mass is 10.0. The zero-order valence-electron chi connectivity index (χ0n) is 7.13. The van der Waals surface area contributed by atoms with Gasteiger partial charge in [0.2, 0.25) is 0 Å². The van der Waals surface area contributed by atoms with Gasteiger partial charge in [-0.2, -0.15) is 0 Å². The zero-order chi connectivity index (χ0) is 9.03. The van der Waals surface area contributed by atoms with Crippen LogP contribution in [-0.2, 0) is 4.87 Å². The van der Waals surface area contributed by atoms with E-state index in [1.165, 1.54) is 0 Å². The van der Waals surface area contributed by atoms with Gasteiger partial charge in [0, 0.05) is 6.20 Å². The van der Waals surface area contributed by atoms with Crippen LogP contribution in [0.5, 0.6) is 0 Å². The predicted molar refractivity (Wildman–Crippen MR) is 52.3 cm³/mol. The molecule has 0 aliphatic rings. The van der Waals surface area contributed by atoms with E-state index in [4.69, 9.17) is 11.6 Å². The summed E-state index contributed by atoms with van der Waals surface area (Å²) in [4.78, 5) is 3.69. The van der Waals surface area contributed by atoms with Gasteiger partial charge in [0.15, 0.2) is 0 Å². The molecule has 1 heterocycles. The summed E-state index contributed by atoms with van der Waals surface area (Å²) < 4.78 is 0. The van der Waals surface area contributed by atoms with Gasteiger partial charge < -0.3 is 0 Å². The minimum Gasteiger partial charge on any atom is -0.259 e. The molecular weight excluding hydrogens is 170 g/mol. The first-order valence-corrected chi connectivity index (χ1v) is 4.35. The zero-order valence-corrected chi connectivity index (χ0v) is 7.88. The van der Waals surface area contributed by atoms with Gasteiger partial charge in [0.25, 0.3) is 0 Å². The Balaban J connectivity index is 3.03. The molecule has 0 amide bonds. The first-order valence-electron chi connectivity index (χ1n) is 3.97. The third kappa shape index (κ3) is 1.67. The van der Waals surface area contributed by atoms with Gasteiger partial charge in [-0.15, -0.1) is 18.2 Å². The molecule has 12 heavy (non-hydrogen) atoms. The minimum absolute atomic E-state index is 0.499. The van der Waals surface area contributed by atoms with Crippen molar-refractivity contribution < 1.29 is 0 Å². The molecule has 64 valence electrons. The van der Waals surface area contributed by atoms with E-state index in [1.807, 2.05) is 25.1 Å². The average Bonchev–Trinajstić information content (AvgIpc) is 2.18. The third-order valence-electron chi connectivity index (χ3n) is 1.93. The van der Waals surface area contributed by atoms with Crippen LogP contribution in [0.4, 0.5) is 0 Å². The van der Waals surface area contributed by atoms with Crippen molar-refractivity contribution in [1.29, 1.82) is 0 Å². The first-order chi connectivity index (χ1) is 5.73. The Kier molecular flexibility index (Phi) is 2.88. The molecule has 1 nitrogen and oxygen atoms in total. The maximum absolute atomic E-state index is 6.25. The van der Waals surface area contributed by atoms with Crippen molar-refractivity contribution in [3.8, 4) is 0 Å². The van der Waals surface area contributed by atoms with Crippen molar-refractivity contribution in [2.24, 2.45) is 0 Å². The Morgan fingerprint density at radius 1 is 1.67 bits per heavy atom. The van der Waals surface area contributed by atoms with E-state index in [9.17, 15) is 0 Å². The highest BCUT2D eigenvalue weighted by molar-refractivity contribution is 6.25. The van der Waals surface area contributed by atoms with Crippen LogP contribution < -0.4 is 0 Å². The number of halogens is 1. The molecule has 0 radical (unpaired) electrons. The number of rotatable bonds is 3. The minimum atomic E-state index is -0.499. The van der Waals surface area contributed by atoms with Crippen molar-refractivity contribution in [3.63, 3.8) is 0 Å². The molecule has 1 rings (SSSR count). The van der Waals surface area contributed by atoms with Crippen molar-refractivity contribution in [2.45, 2.75) is 18.2 Å². The number of hydrogen-bond acceptors (Lipinski definition) is 1. The van der Waals surface area contributed by atoms with E-state index < -0.39 is 4.87 Å². The quantitative estimate of drug-likeness (QED) is 0.516. The number of hydrogen-bond donors (Lipinski definition) is 0. The van der Waals surface area contributed by atoms with E-state index in [1.54, 1.807) is 12.3 Å². The summed E-state index contributed by atoms with van der Waals surface area (Å²) >= 11 is 6.25. The van der Waals surface area contributed by atoms with E-state index in [0.717, 1.165) is 12.1 Å². The number of allylic oxidation sites excluding steroid dienone is 1. The normalized spacial score (nSPS) is 15.2. The molecule has 1 aromatic rings. The molecule has 0 aromatic carbocycles. The van der Waals surface area contributed by atoms with Crippen LogP contribution in [0.3, 0.4) is 0 Å². The van der Waals surface area contributed by atoms with E-state index in [2.05, 4.69) is 11.6 Å². The molecule has 0 aliphatic carbocycles. The molecule has 2 heteroatoms. The molecule has 1 aromatic heterocycles. The first kappa shape index (κ1) is 9.27. The molecule has 0 N–H and O–H groups in total. The monoisotopic (exact) mass is 181 g/mol. The van der Waals surface area contributed by atoms with Gasteiger partial charge in [-0.3, -0.25) is 4.98 Å².